The van der Waals surface area contributed by atoms with Crippen LogP contribution in [-0.4, -0.2) is 68.6 Å². The molecule has 1 fully saturated rings. The van der Waals surface area contributed by atoms with Gasteiger partial charge < -0.3 is 9.64 Å². The number of hydrogen-bond acceptors (Lipinski definition) is 6. The smallest absolute Gasteiger partial charge is 0.252 e. The van der Waals surface area contributed by atoms with Gasteiger partial charge in [-0.15, -0.1) is 0 Å². The van der Waals surface area contributed by atoms with Gasteiger partial charge in [-0.2, -0.15) is 10.1 Å². The molecule has 2 aromatic heterocycles. The number of amides is 1. The standard InChI is InChI=1S/C23H30N6O2/c1-17-21(18(2)29-23(26-17)24-16-25-29)9-10-22(30)28-12-4-11-27(13-14-28)15-19-5-7-20(31-3)8-6-19/h5-8,16H,4,9-15H2,1-3H3. The monoisotopic (exact) mass is 422 g/mol. The normalized spacial score (nSPS) is 15.3. The minimum Gasteiger partial charge on any atom is -0.497 e. The predicted molar refractivity (Wildman–Crippen MR) is 118 cm³/mol. The molecule has 1 aromatic carbocycles. The molecule has 1 aliphatic heterocycles. The van der Waals surface area contributed by atoms with Crippen LogP contribution in [0.2, 0.25) is 0 Å². The van der Waals surface area contributed by atoms with Gasteiger partial charge in [0.1, 0.15) is 12.1 Å². The first-order chi connectivity index (χ1) is 15.0. The number of benzene rings is 1. The van der Waals surface area contributed by atoms with E-state index in [1.807, 2.05) is 30.9 Å². The van der Waals surface area contributed by atoms with Gasteiger partial charge in [0.2, 0.25) is 5.91 Å². The lowest BCUT2D eigenvalue weighted by atomic mass is 10.1. The van der Waals surface area contributed by atoms with Crippen molar-refractivity contribution in [3.8, 4) is 5.75 Å². The van der Waals surface area contributed by atoms with Gasteiger partial charge in [-0.3, -0.25) is 9.69 Å². The quantitative estimate of drug-likeness (QED) is 0.607. The lowest BCUT2D eigenvalue weighted by Gasteiger charge is -2.22. The molecule has 8 heteroatoms. The molecule has 0 radical (unpaired) electrons. The fourth-order valence-electron chi connectivity index (χ4n) is 4.27. The third kappa shape index (κ3) is 4.85. The van der Waals surface area contributed by atoms with Crippen LogP contribution in [0.1, 0.15) is 35.4 Å². The molecule has 31 heavy (non-hydrogen) atoms. The summed E-state index contributed by atoms with van der Waals surface area (Å²) in [7, 11) is 1.68. The number of hydrogen-bond donors (Lipinski definition) is 0. The van der Waals surface area contributed by atoms with Crippen LogP contribution in [0.25, 0.3) is 5.78 Å². The average molecular weight is 423 g/mol. The Hall–Kier alpha value is -3.00. The van der Waals surface area contributed by atoms with Gasteiger partial charge in [0.25, 0.3) is 5.78 Å². The SMILES string of the molecule is COc1ccc(CN2CCCN(C(=O)CCc3c(C)nc4ncnn4c3C)CC2)cc1. The van der Waals surface area contributed by atoms with Crippen LogP contribution in [0.3, 0.4) is 0 Å². The number of nitrogens with zero attached hydrogens (tertiary/aromatic N) is 6. The Kier molecular flexibility index (Phi) is 6.46. The van der Waals surface area contributed by atoms with E-state index in [1.165, 1.54) is 11.9 Å². The Balaban J connectivity index is 1.32. The maximum absolute atomic E-state index is 12.9. The fraction of sp³-hybridized carbons (Fsp3) is 0.478. The summed E-state index contributed by atoms with van der Waals surface area (Å²) in [6, 6.07) is 8.21. The van der Waals surface area contributed by atoms with Gasteiger partial charge in [-0.05, 0) is 49.9 Å². The number of aryl methyl sites for hydroxylation is 2. The molecule has 1 amide bonds. The zero-order valence-electron chi connectivity index (χ0n) is 18.5. The van der Waals surface area contributed by atoms with Crippen LogP contribution in [0.4, 0.5) is 0 Å². The zero-order chi connectivity index (χ0) is 21.8. The molecule has 3 aromatic rings. The van der Waals surface area contributed by atoms with E-state index in [0.29, 0.717) is 18.6 Å². The summed E-state index contributed by atoms with van der Waals surface area (Å²) >= 11 is 0. The van der Waals surface area contributed by atoms with E-state index < -0.39 is 0 Å². The Morgan fingerprint density at radius 3 is 2.68 bits per heavy atom. The maximum Gasteiger partial charge on any atom is 0.252 e. The average Bonchev–Trinajstić information content (AvgIpc) is 3.12. The van der Waals surface area contributed by atoms with Crippen molar-refractivity contribution < 1.29 is 9.53 Å². The van der Waals surface area contributed by atoms with E-state index >= 15 is 0 Å². The molecule has 8 nitrogen and oxygen atoms in total. The molecule has 1 saturated heterocycles. The molecular weight excluding hydrogens is 392 g/mol. The number of methoxy groups -OCH3 is 1. The highest BCUT2D eigenvalue weighted by atomic mass is 16.5. The minimum absolute atomic E-state index is 0.212. The van der Waals surface area contributed by atoms with Crippen LogP contribution in [-0.2, 0) is 17.8 Å². The van der Waals surface area contributed by atoms with E-state index in [0.717, 1.165) is 61.8 Å². The maximum atomic E-state index is 12.9. The third-order valence-corrected chi connectivity index (χ3v) is 6.08. The van der Waals surface area contributed by atoms with Crippen LogP contribution >= 0.6 is 0 Å². The first-order valence-corrected chi connectivity index (χ1v) is 10.8. The Morgan fingerprint density at radius 1 is 1.10 bits per heavy atom. The first kappa shape index (κ1) is 21.2. The molecule has 0 saturated carbocycles. The van der Waals surface area contributed by atoms with E-state index in [1.54, 1.807) is 11.6 Å². The second-order valence-electron chi connectivity index (χ2n) is 8.09. The van der Waals surface area contributed by atoms with Crippen molar-refractivity contribution in [2.75, 3.05) is 33.3 Å². The van der Waals surface area contributed by atoms with Crippen molar-refractivity contribution in [2.45, 2.75) is 39.7 Å². The Labute approximate surface area is 182 Å². The molecule has 4 rings (SSSR count). The van der Waals surface area contributed by atoms with Crippen LogP contribution in [0.5, 0.6) is 5.75 Å². The summed E-state index contributed by atoms with van der Waals surface area (Å²) < 4.78 is 6.98. The van der Waals surface area contributed by atoms with Gasteiger partial charge in [0, 0.05) is 50.5 Å². The lowest BCUT2D eigenvalue weighted by Crippen LogP contribution is -2.35. The van der Waals surface area contributed by atoms with Crippen molar-refractivity contribution in [2.24, 2.45) is 0 Å². The van der Waals surface area contributed by atoms with Gasteiger partial charge >= 0.3 is 0 Å². The van der Waals surface area contributed by atoms with Gasteiger partial charge in [0.15, 0.2) is 0 Å². The van der Waals surface area contributed by atoms with Crippen molar-refractivity contribution in [1.82, 2.24) is 29.4 Å². The van der Waals surface area contributed by atoms with Crippen molar-refractivity contribution in [1.29, 1.82) is 0 Å². The van der Waals surface area contributed by atoms with Gasteiger partial charge in [-0.25, -0.2) is 9.50 Å². The highest BCUT2D eigenvalue weighted by molar-refractivity contribution is 5.76. The molecule has 0 unspecified atom stereocenters. The number of carbonyl (C=O) groups is 1. The predicted octanol–water partition coefficient (Wildman–Crippen LogP) is 2.42. The molecule has 3 heterocycles. The number of carbonyl (C=O) groups excluding carboxylic acids is 1. The van der Waals surface area contributed by atoms with Crippen LogP contribution < -0.4 is 4.74 Å². The topological polar surface area (TPSA) is 75.9 Å². The van der Waals surface area contributed by atoms with Crippen molar-refractivity contribution in [3.63, 3.8) is 0 Å². The largest absolute Gasteiger partial charge is 0.497 e. The van der Waals surface area contributed by atoms with Gasteiger partial charge in [-0.1, -0.05) is 12.1 Å². The molecule has 0 spiro atoms. The Bertz CT molecular complexity index is 1050. The molecule has 0 N–H and O–H groups in total. The second kappa shape index (κ2) is 9.43. The molecule has 0 atom stereocenters. The third-order valence-electron chi connectivity index (χ3n) is 6.08. The number of rotatable bonds is 6. The zero-order valence-corrected chi connectivity index (χ0v) is 18.5. The summed E-state index contributed by atoms with van der Waals surface area (Å²) in [5, 5.41) is 4.24. The van der Waals surface area contributed by atoms with Crippen LogP contribution in [0.15, 0.2) is 30.6 Å². The minimum atomic E-state index is 0.212. The number of ether oxygens (including phenoxy) is 1. The molecule has 1 aliphatic rings. The lowest BCUT2D eigenvalue weighted by molar-refractivity contribution is -0.131. The van der Waals surface area contributed by atoms with E-state index in [-0.39, 0.29) is 5.91 Å². The number of fused-ring (bicyclic) bond motifs is 1. The molecule has 0 bridgehead atoms. The summed E-state index contributed by atoms with van der Waals surface area (Å²) in [6.07, 6.45) is 3.67. The van der Waals surface area contributed by atoms with Crippen molar-refractivity contribution >= 4 is 11.7 Å². The Morgan fingerprint density at radius 2 is 1.90 bits per heavy atom. The summed E-state index contributed by atoms with van der Waals surface area (Å²) in [5.74, 6) is 1.69. The van der Waals surface area contributed by atoms with E-state index in [9.17, 15) is 4.79 Å². The van der Waals surface area contributed by atoms with E-state index in [4.69, 9.17) is 4.74 Å². The first-order valence-electron chi connectivity index (χ1n) is 10.8. The molecule has 164 valence electrons. The summed E-state index contributed by atoms with van der Waals surface area (Å²) in [6.45, 7) is 8.37. The van der Waals surface area contributed by atoms with Crippen molar-refractivity contribution in [3.05, 3.63) is 53.1 Å². The second-order valence-corrected chi connectivity index (χ2v) is 8.09. The van der Waals surface area contributed by atoms with Crippen LogP contribution in [0, 0.1) is 13.8 Å². The highest BCUT2D eigenvalue weighted by Gasteiger charge is 2.20. The van der Waals surface area contributed by atoms with Gasteiger partial charge in [0.05, 0.1) is 7.11 Å². The summed E-state index contributed by atoms with van der Waals surface area (Å²) in [5.41, 5.74) is 4.28. The summed E-state index contributed by atoms with van der Waals surface area (Å²) in [4.78, 5) is 26.0. The fourth-order valence-corrected chi connectivity index (χ4v) is 4.27. The van der Waals surface area contributed by atoms with E-state index in [2.05, 4.69) is 32.1 Å². The molecular formula is C23H30N6O2. The highest BCUT2D eigenvalue weighted by Crippen LogP contribution is 2.17. The molecule has 0 aliphatic carbocycles. The number of aromatic nitrogens is 4.